The lowest BCUT2D eigenvalue weighted by atomic mass is 10.1. The van der Waals surface area contributed by atoms with Crippen molar-refractivity contribution in [3.05, 3.63) is 151 Å². The molecule has 0 saturated heterocycles. The predicted molar refractivity (Wildman–Crippen MR) is 185 cm³/mol. The molecule has 4 aromatic heterocycles. The first-order valence-corrected chi connectivity index (χ1v) is 15.2. The molecule has 0 aliphatic rings. The maximum Gasteiger partial charge on any atom is 0.135 e. The van der Waals surface area contributed by atoms with Crippen molar-refractivity contribution in [2.24, 2.45) is 0 Å². The van der Waals surface area contributed by atoms with E-state index in [0.717, 1.165) is 61.5 Å². The van der Waals surface area contributed by atoms with Gasteiger partial charge >= 0.3 is 0 Å². The summed E-state index contributed by atoms with van der Waals surface area (Å²) in [5, 5.41) is 4.64. The molecule has 0 radical (unpaired) electrons. The summed E-state index contributed by atoms with van der Waals surface area (Å²) in [6, 6.07) is 50.7. The minimum Gasteiger partial charge on any atom is -0.456 e. The highest BCUT2D eigenvalue weighted by Gasteiger charge is 2.15. The second-order valence-electron chi connectivity index (χ2n) is 11.5. The summed E-state index contributed by atoms with van der Waals surface area (Å²) >= 11 is 0. The molecule has 0 N–H and O–H groups in total. The fourth-order valence-electron chi connectivity index (χ4n) is 6.55. The fourth-order valence-corrected chi connectivity index (χ4v) is 6.55. The lowest BCUT2D eigenvalue weighted by Gasteiger charge is -2.08. The molecule has 0 saturated carbocycles. The van der Waals surface area contributed by atoms with E-state index in [4.69, 9.17) is 14.4 Å². The summed E-state index contributed by atoms with van der Waals surface area (Å²) in [5.74, 6) is 0. The lowest BCUT2D eigenvalue weighted by Crippen LogP contribution is -1.93. The summed E-state index contributed by atoms with van der Waals surface area (Å²) < 4.78 is 8.65. The van der Waals surface area contributed by atoms with Gasteiger partial charge in [-0.3, -0.25) is 0 Å². The van der Waals surface area contributed by atoms with Crippen molar-refractivity contribution < 1.29 is 4.42 Å². The van der Waals surface area contributed by atoms with Crippen molar-refractivity contribution in [1.82, 2.24) is 14.5 Å². The van der Waals surface area contributed by atoms with E-state index in [-0.39, 0.29) is 0 Å². The van der Waals surface area contributed by atoms with E-state index in [1.54, 1.807) is 0 Å². The fraction of sp³-hybridized carbons (Fsp3) is 0.0244. The molecule has 0 atom stereocenters. The Morgan fingerprint density at radius 3 is 1.67 bits per heavy atom. The van der Waals surface area contributed by atoms with Crippen molar-refractivity contribution in [3.63, 3.8) is 0 Å². The van der Waals surface area contributed by atoms with Crippen LogP contribution in [0.2, 0.25) is 0 Å². The number of hydrogen-bond acceptors (Lipinski definition) is 3. The number of aromatic nitrogens is 3. The van der Waals surface area contributed by atoms with Crippen LogP contribution in [0, 0.1) is 6.92 Å². The Bertz CT molecular complexity index is 2520. The predicted octanol–water partition coefficient (Wildman–Crippen LogP) is 10.8. The quantitative estimate of drug-likeness (QED) is 0.209. The number of aryl methyl sites for hydroxylation is 1. The zero-order chi connectivity index (χ0) is 29.9. The summed E-state index contributed by atoms with van der Waals surface area (Å²) in [5.41, 5.74) is 12.1. The van der Waals surface area contributed by atoms with Gasteiger partial charge in [-0.25, -0.2) is 9.97 Å². The molecular weight excluding hydrogens is 550 g/mol. The zero-order valence-electron chi connectivity index (χ0n) is 24.6. The summed E-state index contributed by atoms with van der Waals surface area (Å²) in [6.07, 6.45) is 0. The van der Waals surface area contributed by atoms with Crippen molar-refractivity contribution in [2.45, 2.75) is 6.92 Å². The van der Waals surface area contributed by atoms with Crippen molar-refractivity contribution in [2.75, 3.05) is 0 Å². The van der Waals surface area contributed by atoms with Crippen LogP contribution in [0.1, 0.15) is 5.56 Å². The van der Waals surface area contributed by atoms with Crippen LogP contribution in [0.4, 0.5) is 0 Å². The summed E-state index contributed by atoms with van der Waals surface area (Å²) in [6.45, 7) is 2.10. The third kappa shape index (κ3) is 4.22. The van der Waals surface area contributed by atoms with Gasteiger partial charge in [-0.15, -0.1) is 0 Å². The number of rotatable bonds is 4. The van der Waals surface area contributed by atoms with Crippen LogP contribution in [-0.2, 0) is 0 Å². The number of pyridine rings is 2. The van der Waals surface area contributed by atoms with E-state index in [1.807, 2.05) is 24.3 Å². The zero-order valence-corrected chi connectivity index (χ0v) is 24.6. The number of furan rings is 1. The molecule has 0 unspecified atom stereocenters. The van der Waals surface area contributed by atoms with Crippen molar-refractivity contribution in [3.8, 4) is 39.6 Å². The van der Waals surface area contributed by atoms with E-state index in [2.05, 4.69) is 133 Å². The van der Waals surface area contributed by atoms with Gasteiger partial charge in [-0.2, -0.15) is 0 Å². The molecule has 0 fully saturated rings. The Kier molecular flexibility index (Phi) is 5.69. The molecule has 45 heavy (non-hydrogen) atoms. The highest BCUT2D eigenvalue weighted by Crippen LogP contribution is 2.37. The van der Waals surface area contributed by atoms with Gasteiger partial charge in [0, 0.05) is 38.4 Å². The highest BCUT2D eigenvalue weighted by atomic mass is 16.3. The Labute approximate surface area is 259 Å². The second-order valence-corrected chi connectivity index (χ2v) is 11.5. The first-order chi connectivity index (χ1) is 22.2. The van der Waals surface area contributed by atoms with Gasteiger partial charge in [0.05, 0.1) is 33.8 Å². The molecule has 4 nitrogen and oxygen atoms in total. The van der Waals surface area contributed by atoms with E-state index < -0.39 is 0 Å². The van der Waals surface area contributed by atoms with Gasteiger partial charge in [0.2, 0.25) is 0 Å². The monoisotopic (exact) mass is 577 g/mol. The van der Waals surface area contributed by atoms with E-state index >= 15 is 0 Å². The molecule has 0 aliphatic carbocycles. The Morgan fingerprint density at radius 2 is 1.00 bits per heavy atom. The van der Waals surface area contributed by atoms with Crippen LogP contribution in [0.3, 0.4) is 0 Å². The summed E-state index contributed by atoms with van der Waals surface area (Å²) in [4.78, 5) is 10.0. The SMILES string of the molecule is Cc1cccc(-c2cccc(-c3cccc(-c4ccc5oc6ccc(-n7c8ccccc8c8ccccc87)cc6c5c4)n3)n2)c1. The van der Waals surface area contributed by atoms with Crippen LogP contribution in [-0.4, -0.2) is 14.5 Å². The number of hydrogen-bond donors (Lipinski definition) is 0. The maximum absolute atomic E-state index is 6.31. The molecule has 0 amide bonds. The lowest BCUT2D eigenvalue weighted by molar-refractivity contribution is 0.669. The average Bonchev–Trinajstić information content (AvgIpc) is 3.63. The first-order valence-electron chi connectivity index (χ1n) is 15.2. The molecule has 0 bridgehead atoms. The minimum atomic E-state index is 0.841. The third-order valence-electron chi connectivity index (χ3n) is 8.66. The topological polar surface area (TPSA) is 43.9 Å². The largest absolute Gasteiger partial charge is 0.456 e. The van der Waals surface area contributed by atoms with Crippen LogP contribution in [0.15, 0.2) is 150 Å². The molecule has 4 heteroatoms. The molecule has 0 aliphatic heterocycles. The van der Waals surface area contributed by atoms with Crippen LogP contribution in [0.25, 0.3) is 83.3 Å². The Hall–Kier alpha value is -6.00. The molecular formula is C41H27N3O. The van der Waals surface area contributed by atoms with Crippen LogP contribution in [0.5, 0.6) is 0 Å². The molecule has 9 aromatic rings. The number of benzene rings is 5. The number of fused-ring (bicyclic) bond motifs is 6. The van der Waals surface area contributed by atoms with Crippen molar-refractivity contribution >= 4 is 43.7 Å². The third-order valence-corrected chi connectivity index (χ3v) is 8.66. The molecule has 9 rings (SSSR count). The normalized spacial score (nSPS) is 11.7. The van der Waals surface area contributed by atoms with Crippen LogP contribution < -0.4 is 0 Å². The standard InChI is InChI=1S/C41H27N3O/c1-26-9-6-10-27(23-26)34-13-7-15-36(42-34)37-16-8-14-35(43-37)28-19-21-40-32(24-28)33-25-29(20-22-41(33)45-40)44-38-17-4-2-11-30(38)31-12-3-5-18-39(31)44/h2-25H,1H3. The molecule has 0 spiro atoms. The van der Waals surface area contributed by atoms with Gasteiger partial charge in [-0.05, 0) is 85.8 Å². The summed E-state index contributed by atoms with van der Waals surface area (Å²) in [7, 11) is 0. The van der Waals surface area contributed by atoms with Gasteiger partial charge in [-0.1, -0.05) is 72.3 Å². The average molecular weight is 578 g/mol. The molecule has 4 heterocycles. The second kappa shape index (κ2) is 10.0. The Morgan fingerprint density at radius 1 is 0.444 bits per heavy atom. The van der Waals surface area contributed by atoms with Crippen molar-refractivity contribution in [1.29, 1.82) is 0 Å². The smallest absolute Gasteiger partial charge is 0.135 e. The van der Waals surface area contributed by atoms with Crippen LogP contribution >= 0.6 is 0 Å². The van der Waals surface area contributed by atoms with Gasteiger partial charge in [0.1, 0.15) is 11.2 Å². The van der Waals surface area contributed by atoms with Gasteiger partial charge < -0.3 is 8.98 Å². The number of para-hydroxylation sites is 2. The van der Waals surface area contributed by atoms with Gasteiger partial charge in [0.15, 0.2) is 0 Å². The Balaban J connectivity index is 1.15. The number of nitrogens with zero attached hydrogens (tertiary/aromatic N) is 3. The van der Waals surface area contributed by atoms with E-state index in [0.29, 0.717) is 0 Å². The highest BCUT2D eigenvalue weighted by molar-refractivity contribution is 6.11. The molecule has 5 aromatic carbocycles. The first kappa shape index (κ1) is 25.5. The molecule has 212 valence electrons. The maximum atomic E-state index is 6.31. The van der Waals surface area contributed by atoms with Gasteiger partial charge in [0.25, 0.3) is 0 Å². The van der Waals surface area contributed by atoms with E-state index in [9.17, 15) is 0 Å². The van der Waals surface area contributed by atoms with E-state index in [1.165, 1.54) is 27.4 Å². The minimum absolute atomic E-state index is 0.841.